The maximum atomic E-state index is 13.7. The first kappa shape index (κ1) is 21.0. The van der Waals surface area contributed by atoms with Crippen LogP contribution in [0.2, 0.25) is 0 Å². The molecule has 0 saturated carbocycles. The van der Waals surface area contributed by atoms with Crippen molar-refractivity contribution in [1.29, 1.82) is 0 Å². The Morgan fingerprint density at radius 1 is 1.00 bits per heavy atom. The zero-order valence-electron chi connectivity index (χ0n) is 17.1. The molecule has 9 heteroatoms. The van der Waals surface area contributed by atoms with Gasteiger partial charge in [0.1, 0.15) is 0 Å². The Morgan fingerprint density at radius 2 is 1.68 bits per heavy atom. The van der Waals surface area contributed by atoms with Gasteiger partial charge in [-0.3, -0.25) is 4.79 Å². The number of aryl methyl sites for hydroxylation is 2. The summed E-state index contributed by atoms with van der Waals surface area (Å²) in [6.07, 6.45) is -4.62. The van der Waals surface area contributed by atoms with Crippen LogP contribution in [0.1, 0.15) is 27.3 Å². The highest BCUT2D eigenvalue weighted by Crippen LogP contribution is 2.37. The third-order valence-electron chi connectivity index (χ3n) is 5.27. The standard InChI is InChI=1S/C22H21F3N4O2/c1-13-14(2)27-20-11-15(3-5-19(20)26-13)21(30)28-18-6-4-16(12-17(18)22(23,24)25)29-7-9-31-10-8-29/h3-6,11-12H,7-10H2,1-2H3,(H,28,30). The molecule has 1 fully saturated rings. The normalized spacial score (nSPS) is 14.7. The van der Waals surface area contributed by atoms with Crippen LogP contribution in [0, 0.1) is 13.8 Å². The Morgan fingerprint density at radius 3 is 2.35 bits per heavy atom. The molecule has 2 aromatic carbocycles. The van der Waals surface area contributed by atoms with Crippen LogP contribution in [0.25, 0.3) is 11.0 Å². The SMILES string of the molecule is Cc1nc2ccc(C(=O)Nc3ccc(N4CCOCC4)cc3C(F)(F)F)cc2nc1C. The monoisotopic (exact) mass is 430 g/mol. The second-order valence-electron chi connectivity index (χ2n) is 7.38. The van der Waals surface area contributed by atoms with Gasteiger partial charge in [-0.2, -0.15) is 13.2 Å². The van der Waals surface area contributed by atoms with Gasteiger partial charge in [-0.15, -0.1) is 0 Å². The number of alkyl halides is 3. The quantitative estimate of drug-likeness (QED) is 0.669. The molecule has 1 saturated heterocycles. The number of amides is 1. The van der Waals surface area contributed by atoms with Crippen molar-refractivity contribution < 1.29 is 22.7 Å². The zero-order chi connectivity index (χ0) is 22.2. The molecule has 1 aliphatic heterocycles. The second-order valence-corrected chi connectivity index (χ2v) is 7.38. The summed E-state index contributed by atoms with van der Waals surface area (Å²) in [7, 11) is 0. The second kappa shape index (κ2) is 8.14. The van der Waals surface area contributed by atoms with Crippen LogP contribution in [0.4, 0.5) is 24.5 Å². The fraction of sp³-hybridized carbons (Fsp3) is 0.318. The molecule has 31 heavy (non-hydrogen) atoms. The molecule has 0 radical (unpaired) electrons. The third kappa shape index (κ3) is 4.46. The van der Waals surface area contributed by atoms with Crippen molar-refractivity contribution in [3.63, 3.8) is 0 Å². The molecular formula is C22H21F3N4O2. The molecule has 0 spiro atoms. The van der Waals surface area contributed by atoms with Crippen molar-refractivity contribution in [3.8, 4) is 0 Å². The van der Waals surface area contributed by atoms with Crippen LogP contribution in [0.5, 0.6) is 0 Å². The minimum Gasteiger partial charge on any atom is -0.378 e. The van der Waals surface area contributed by atoms with Gasteiger partial charge < -0.3 is 15.0 Å². The van der Waals surface area contributed by atoms with Crippen molar-refractivity contribution in [1.82, 2.24) is 9.97 Å². The fourth-order valence-electron chi connectivity index (χ4n) is 3.46. The van der Waals surface area contributed by atoms with E-state index in [1.165, 1.54) is 18.2 Å². The molecule has 1 amide bonds. The molecule has 4 rings (SSSR count). The number of benzene rings is 2. The number of carbonyl (C=O) groups is 1. The maximum absolute atomic E-state index is 13.7. The molecule has 1 aliphatic rings. The van der Waals surface area contributed by atoms with Crippen molar-refractivity contribution >= 4 is 28.3 Å². The number of rotatable bonds is 3. The summed E-state index contributed by atoms with van der Waals surface area (Å²) in [6, 6.07) is 8.62. The summed E-state index contributed by atoms with van der Waals surface area (Å²) in [5, 5.41) is 2.40. The lowest BCUT2D eigenvalue weighted by Crippen LogP contribution is -2.36. The number of anilines is 2. The summed E-state index contributed by atoms with van der Waals surface area (Å²) in [5.74, 6) is -0.647. The molecule has 0 bridgehead atoms. The average Bonchev–Trinajstić information content (AvgIpc) is 2.74. The lowest BCUT2D eigenvalue weighted by molar-refractivity contribution is -0.136. The number of morpholine rings is 1. The maximum Gasteiger partial charge on any atom is 0.418 e. The van der Waals surface area contributed by atoms with E-state index in [-0.39, 0.29) is 11.3 Å². The van der Waals surface area contributed by atoms with E-state index in [4.69, 9.17) is 4.74 Å². The van der Waals surface area contributed by atoms with Gasteiger partial charge in [0.25, 0.3) is 5.91 Å². The van der Waals surface area contributed by atoms with Gasteiger partial charge in [0.15, 0.2) is 0 Å². The minimum atomic E-state index is -4.62. The van der Waals surface area contributed by atoms with E-state index in [0.29, 0.717) is 43.0 Å². The molecule has 3 aromatic rings. The van der Waals surface area contributed by atoms with Gasteiger partial charge in [-0.05, 0) is 50.2 Å². The highest BCUT2D eigenvalue weighted by Gasteiger charge is 2.35. The van der Waals surface area contributed by atoms with Gasteiger partial charge in [0, 0.05) is 24.3 Å². The molecule has 0 atom stereocenters. The van der Waals surface area contributed by atoms with E-state index < -0.39 is 17.6 Å². The van der Waals surface area contributed by atoms with Gasteiger partial charge in [-0.25, -0.2) is 9.97 Å². The van der Waals surface area contributed by atoms with E-state index in [1.54, 1.807) is 19.1 Å². The number of ether oxygens (including phenoxy) is 1. The third-order valence-corrected chi connectivity index (χ3v) is 5.27. The minimum absolute atomic E-state index is 0.204. The highest BCUT2D eigenvalue weighted by atomic mass is 19.4. The van der Waals surface area contributed by atoms with E-state index in [9.17, 15) is 18.0 Å². The molecular weight excluding hydrogens is 409 g/mol. The first-order valence-corrected chi connectivity index (χ1v) is 9.82. The van der Waals surface area contributed by atoms with Crippen LogP contribution in [-0.4, -0.2) is 42.2 Å². The Labute approximate surface area is 177 Å². The molecule has 0 unspecified atom stereocenters. The first-order valence-electron chi connectivity index (χ1n) is 9.82. The van der Waals surface area contributed by atoms with Crippen LogP contribution in [0.15, 0.2) is 36.4 Å². The summed E-state index contributed by atoms with van der Waals surface area (Å²) < 4.78 is 46.4. The van der Waals surface area contributed by atoms with Crippen molar-refractivity contribution in [2.75, 3.05) is 36.5 Å². The van der Waals surface area contributed by atoms with E-state index in [2.05, 4.69) is 15.3 Å². The van der Waals surface area contributed by atoms with Gasteiger partial charge in [0.2, 0.25) is 0 Å². The zero-order valence-corrected chi connectivity index (χ0v) is 17.1. The molecule has 162 valence electrons. The smallest absolute Gasteiger partial charge is 0.378 e. The first-order chi connectivity index (χ1) is 14.7. The van der Waals surface area contributed by atoms with Crippen LogP contribution in [-0.2, 0) is 10.9 Å². The Hall–Kier alpha value is -3.20. The molecule has 1 N–H and O–H groups in total. The number of nitrogens with one attached hydrogen (secondary N) is 1. The number of fused-ring (bicyclic) bond motifs is 1. The number of aromatic nitrogens is 2. The van der Waals surface area contributed by atoms with E-state index in [0.717, 1.165) is 17.5 Å². The molecule has 1 aromatic heterocycles. The largest absolute Gasteiger partial charge is 0.418 e. The summed E-state index contributed by atoms with van der Waals surface area (Å²) in [5.41, 5.74) is 2.09. The number of hydrogen-bond donors (Lipinski definition) is 1. The number of halogens is 3. The van der Waals surface area contributed by atoms with Crippen molar-refractivity contribution in [3.05, 3.63) is 58.9 Å². The number of hydrogen-bond acceptors (Lipinski definition) is 5. The van der Waals surface area contributed by atoms with Crippen molar-refractivity contribution in [2.24, 2.45) is 0 Å². The Bertz CT molecular complexity index is 1140. The Balaban J connectivity index is 1.64. The molecule has 0 aliphatic carbocycles. The van der Waals surface area contributed by atoms with Crippen LogP contribution < -0.4 is 10.2 Å². The Kier molecular flexibility index (Phi) is 5.53. The molecule has 2 heterocycles. The number of carbonyl (C=O) groups excluding carboxylic acids is 1. The van der Waals surface area contributed by atoms with Crippen LogP contribution in [0.3, 0.4) is 0 Å². The topological polar surface area (TPSA) is 67.4 Å². The predicted molar refractivity (Wildman–Crippen MR) is 111 cm³/mol. The highest BCUT2D eigenvalue weighted by molar-refractivity contribution is 6.06. The van der Waals surface area contributed by atoms with Crippen LogP contribution >= 0.6 is 0 Å². The van der Waals surface area contributed by atoms with Gasteiger partial charge >= 0.3 is 6.18 Å². The fourth-order valence-corrected chi connectivity index (χ4v) is 3.46. The summed E-state index contributed by atoms with van der Waals surface area (Å²) in [4.78, 5) is 23.4. The molecule has 6 nitrogen and oxygen atoms in total. The number of nitrogens with zero attached hydrogens (tertiary/aromatic N) is 3. The van der Waals surface area contributed by atoms with Gasteiger partial charge in [-0.1, -0.05) is 0 Å². The van der Waals surface area contributed by atoms with Crippen molar-refractivity contribution in [2.45, 2.75) is 20.0 Å². The predicted octanol–water partition coefficient (Wildman–Crippen LogP) is 4.35. The lowest BCUT2D eigenvalue weighted by Gasteiger charge is -2.29. The average molecular weight is 430 g/mol. The lowest BCUT2D eigenvalue weighted by atomic mass is 10.1. The van der Waals surface area contributed by atoms with E-state index in [1.807, 2.05) is 11.8 Å². The van der Waals surface area contributed by atoms with Gasteiger partial charge in [0.05, 0.1) is 46.9 Å². The van der Waals surface area contributed by atoms with E-state index >= 15 is 0 Å². The summed E-state index contributed by atoms with van der Waals surface area (Å²) in [6.45, 7) is 5.59. The summed E-state index contributed by atoms with van der Waals surface area (Å²) >= 11 is 0.